The minimum absolute atomic E-state index is 0.136. The van der Waals surface area contributed by atoms with Crippen LogP contribution in [0.2, 0.25) is 0 Å². The van der Waals surface area contributed by atoms with E-state index in [0.29, 0.717) is 22.8 Å². The van der Waals surface area contributed by atoms with Gasteiger partial charge in [-0.3, -0.25) is 9.69 Å². The lowest BCUT2D eigenvalue weighted by molar-refractivity contribution is -0.186. The van der Waals surface area contributed by atoms with Crippen molar-refractivity contribution in [3.8, 4) is 0 Å². The number of carbonyl (C=O) groups excluding carboxylic acids is 1. The first-order valence-corrected chi connectivity index (χ1v) is 14.7. The molecule has 12 atom stereocenters. The van der Waals surface area contributed by atoms with Gasteiger partial charge in [0.15, 0.2) is 0 Å². The number of hydrogen-bond acceptors (Lipinski definition) is 4. The van der Waals surface area contributed by atoms with Crippen LogP contribution in [-0.4, -0.2) is 45.8 Å². The van der Waals surface area contributed by atoms with Crippen LogP contribution >= 0.6 is 0 Å². The summed E-state index contributed by atoms with van der Waals surface area (Å²) >= 11 is 0. The van der Waals surface area contributed by atoms with E-state index >= 15 is 0 Å². The number of piperidine rings is 2. The molecule has 0 aromatic carbocycles. The molecule has 4 heteroatoms. The van der Waals surface area contributed by atoms with Gasteiger partial charge in [0.1, 0.15) is 5.60 Å². The molecular formula is C30H47NO3. The van der Waals surface area contributed by atoms with Crippen LogP contribution in [0, 0.1) is 45.8 Å². The fourth-order valence-corrected chi connectivity index (χ4v) is 12.5. The molecule has 0 aromatic heterocycles. The van der Waals surface area contributed by atoms with Crippen molar-refractivity contribution >= 4 is 5.97 Å². The van der Waals surface area contributed by atoms with Gasteiger partial charge in [0, 0.05) is 24.0 Å². The van der Waals surface area contributed by atoms with Gasteiger partial charge >= 0.3 is 5.97 Å². The molecule has 3 aliphatic carbocycles. The zero-order chi connectivity index (χ0) is 23.9. The minimum Gasteiger partial charge on any atom is -0.459 e. The van der Waals surface area contributed by atoms with Gasteiger partial charge in [-0.15, -0.1) is 0 Å². The van der Waals surface area contributed by atoms with Crippen LogP contribution in [0.3, 0.4) is 0 Å². The fourth-order valence-electron chi connectivity index (χ4n) is 12.5. The van der Waals surface area contributed by atoms with E-state index in [-0.39, 0.29) is 11.9 Å². The summed E-state index contributed by atoms with van der Waals surface area (Å²) in [5, 5.41) is 11.0. The first-order valence-electron chi connectivity index (χ1n) is 14.7. The molecule has 7 fully saturated rings. The van der Waals surface area contributed by atoms with Crippen molar-refractivity contribution in [1.29, 1.82) is 0 Å². The van der Waals surface area contributed by atoms with Crippen LogP contribution in [-0.2, 0) is 9.53 Å². The lowest BCUT2D eigenvalue weighted by Crippen LogP contribution is -2.68. The number of aliphatic hydroxyl groups excluding tert-OH is 1. The second-order valence-electron chi connectivity index (χ2n) is 14.9. The van der Waals surface area contributed by atoms with Crippen molar-refractivity contribution in [3.05, 3.63) is 0 Å². The fraction of sp³-hybridized carbons (Fsp3) is 0.967. The Morgan fingerprint density at radius 3 is 2.62 bits per heavy atom. The van der Waals surface area contributed by atoms with Gasteiger partial charge in [-0.05, 0) is 113 Å². The number of aliphatic hydroxyl groups is 1. The van der Waals surface area contributed by atoms with Crippen LogP contribution in [0.5, 0.6) is 0 Å². The molecule has 4 saturated heterocycles. The third-order valence-corrected chi connectivity index (χ3v) is 14.1. The lowest BCUT2D eigenvalue weighted by atomic mass is 9.41. The Hall–Kier alpha value is -0.610. The number of nitrogens with zero attached hydrogens (tertiary/aromatic N) is 1. The molecule has 4 heterocycles. The molecular weight excluding hydrogens is 422 g/mol. The van der Waals surface area contributed by atoms with Crippen LogP contribution in [0.15, 0.2) is 0 Å². The number of ether oxygens (including phenoxy) is 1. The SMILES string of the molecule is CC(C)C1CCC2(C)C3CCC45CCCC4C2(CCC2C4(C)CCC(O)C2(C)C(=O)O4)C1N5C3. The summed E-state index contributed by atoms with van der Waals surface area (Å²) in [5.41, 5.74) is 0.131. The smallest absolute Gasteiger partial charge is 0.315 e. The van der Waals surface area contributed by atoms with Gasteiger partial charge in [-0.25, -0.2) is 0 Å². The Labute approximate surface area is 206 Å². The predicted molar refractivity (Wildman–Crippen MR) is 132 cm³/mol. The topological polar surface area (TPSA) is 49.8 Å². The highest BCUT2D eigenvalue weighted by Gasteiger charge is 2.80. The summed E-state index contributed by atoms with van der Waals surface area (Å²) in [7, 11) is 0. The lowest BCUT2D eigenvalue weighted by Gasteiger charge is -2.67. The van der Waals surface area contributed by atoms with Gasteiger partial charge in [0.25, 0.3) is 0 Å². The van der Waals surface area contributed by atoms with Crippen molar-refractivity contribution in [3.63, 3.8) is 0 Å². The largest absolute Gasteiger partial charge is 0.459 e. The Morgan fingerprint density at radius 1 is 1.06 bits per heavy atom. The maximum Gasteiger partial charge on any atom is 0.315 e. The van der Waals surface area contributed by atoms with Crippen LogP contribution in [0.25, 0.3) is 0 Å². The van der Waals surface area contributed by atoms with E-state index in [1.165, 1.54) is 57.9 Å². The molecule has 1 spiro atoms. The van der Waals surface area contributed by atoms with Gasteiger partial charge in [0.2, 0.25) is 0 Å². The molecule has 0 amide bonds. The molecule has 34 heavy (non-hydrogen) atoms. The van der Waals surface area contributed by atoms with E-state index in [9.17, 15) is 9.90 Å². The maximum atomic E-state index is 13.1. The van der Waals surface area contributed by atoms with Crippen LogP contribution in [0.1, 0.15) is 105 Å². The highest BCUT2D eigenvalue weighted by Crippen LogP contribution is 2.79. The van der Waals surface area contributed by atoms with Crippen molar-refractivity contribution in [1.82, 2.24) is 4.90 Å². The third kappa shape index (κ3) is 2.22. The van der Waals surface area contributed by atoms with E-state index in [0.717, 1.165) is 42.6 Å². The molecule has 0 radical (unpaired) electrons. The molecule has 12 unspecified atom stereocenters. The molecule has 7 aliphatic rings. The van der Waals surface area contributed by atoms with E-state index in [1.807, 2.05) is 6.92 Å². The average Bonchev–Trinajstić information content (AvgIpc) is 3.31. The normalized spacial score (nSPS) is 61.1. The summed E-state index contributed by atoms with van der Waals surface area (Å²) in [6.45, 7) is 13.2. The zero-order valence-corrected chi connectivity index (χ0v) is 22.2. The van der Waals surface area contributed by atoms with E-state index in [4.69, 9.17) is 4.74 Å². The summed E-state index contributed by atoms with van der Waals surface area (Å²) < 4.78 is 6.08. The van der Waals surface area contributed by atoms with E-state index in [2.05, 4.69) is 32.6 Å². The summed E-state index contributed by atoms with van der Waals surface area (Å²) in [6, 6.07) is 0.719. The Kier molecular flexibility index (Phi) is 4.40. The van der Waals surface area contributed by atoms with E-state index < -0.39 is 17.1 Å². The highest BCUT2D eigenvalue weighted by atomic mass is 16.6. The number of hydrogen-bond donors (Lipinski definition) is 1. The van der Waals surface area contributed by atoms with Gasteiger partial charge in [-0.1, -0.05) is 27.2 Å². The summed E-state index contributed by atoms with van der Waals surface area (Å²) in [5.74, 6) is 3.20. The van der Waals surface area contributed by atoms with Gasteiger partial charge < -0.3 is 9.84 Å². The monoisotopic (exact) mass is 469 g/mol. The summed E-state index contributed by atoms with van der Waals surface area (Å²) in [6.07, 6.45) is 13.1. The number of rotatable bonds is 4. The standard InChI is InChI=1S/C30H47NO3/c1-18(2)20-9-13-26(3)19-8-15-29-12-6-7-22(29)30(26,24(20)31(29)17-19)16-10-21-27(4)14-11-23(32)28(21,5)25(33)34-27/h18-24,32H,6-17H2,1-5H3. The molecule has 190 valence electrons. The average molecular weight is 470 g/mol. The van der Waals surface area contributed by atoms with Crippen LogP contribution < -0.4 is 0 Å². The quantitative estimate of drug-likeness (QED) is 0.547. The molecule has 4 nitrogen and oxygen atoms in total. The molecule has 3 saturated carbocycles. The zero-order valence-electron chi connectivity index (χ0n) is 22.2. The van der Waals surface area contributed by atoms with Crippen molar-refractivity contribution in [2.75, 3.05) is 6.54 Å². The van der Waals surface area contributed by atoms with Crippen molar-refractivity contribution in [2.24, 2.45) is 45.8 Å². The van der Waals surface area contributed by atoms with Gasteiger partial charge in [-0.2, -0.15) is 0 Å². The molecule has 1 N–H and O–H groups in total. The molecule has 7 bridgehead atoms. The number of carbonyl (C=O) groups is 1. The minimum atomic E-state index is -0.726. The van der Waals surface area contributed by atoms with Crippen molar-refractivity contribution < 1.29 is 14.6 Å². The van der Waals surface area contributed by atoms with Gasteiger partial charge in [0.05, 0.1) is 11.5 Å². The second kappa shape index (κ2) is 6.63. The van der Waals surface area contributed by atoms with Crippen LogP contribution in [0.4, 0.5) is 0 Å². The van der Waals surface area contributed by atoms with E-state index in [1.54, 1.807) is 0 Å². The Balaban J connectivity index is 1.34. The van der Waals surface area contributed by atoms with Crippen molar-refractivity contribution in [2.45, 2.75) is 129 Å². The first-order chi connectivity index (χ1) is 16.0. The third-order valence-electron chi connectivity index (χ3n) is 14.1. The molecule has 7 rings (SSSR count). The Bertz CT molecular complexity index is 919. The maximum absolute atomic E-state index is 13.1. The highest BCUT2D eigenvalue weighted by molar-refractivity contribution is 5.81. The first kappa shape index (κ1) is 22.6. The number of fused-ring (bicyclic) bond motifs is 4. The molecule has 4 aliphatic heterocycles. The Morgan fingerprint density at radius 2 is 1.85 bits per heavy atom. The summed E-state index contributed by atoms with van der Waals surface area (Å²) in [4.78, 5) is 16.2. The number of esters is 1. The second-order valence-corrected chi connectivity index (χ2v) is 14.9. The molecule has 0 aromatic rings. The predicted octanol–water partition coefficient (Wildman–Crippen LogP) is 5.56.